The quantitative estimate of drug-likeness (QED) is 0.204. The molecule has 4 aromatic carbocycles. The number of rotatable bonds is 13. The van der Waals surface area contributed by atoms with Crippen LogP contribution in [0.15, 0.2) is 121 Å². The molecule has 0 unspecified atom stereocenters. The zero-order valence-corrected chi connectivity index (χ0v) is 23.8. The Kier molecular flexibility index (Phi) is 10.2. The van der Waals surface area contributed by atoms with Gasteiger partial charge in [-0.3, -0.25) is 14.3 Å². The van der Waals surface area contributed by atoms with E-state index in [0.29, 0.717) is 11.1 Å². The molecule has 4 rings (SSSR count). The number of ether oxygens (including phenoxy) is 1. The lowest BCUT2D eigenvalue weighted by atomic mass is 10.0. The summed E-state index contributed by atoms with van der Waals surface area (Å²) in [6.45, 7) is 3.31. The Morgan fingerprint density at radius 3 is 2.07 bits per heavy atom. The van der Waals surface area contributed by atoms with Crippen LogP contribution in [-0.4, -0.2) is 38.3 Å². The predicted molar refractivity (Wildman–Crippen MR) is 158 cm³/mol. The molecule has 0 aliphatic carbocycles. The van der Waals surface area contributed by atoms with Crippen molar-refractivity contribution >= 4 is 27.5 Å². The maximum absolute atomic E-state index is 13.6. The van der Waals surface area contributed by atoms with Crippen molar-refractivity contribution in [2.24, 2.45) is 0 Å². The largest absolute Gasteiger partial charge is 0.484 e. The van der Waals surface area contributed by atoms with E-state index in [1.807, 2.05) is 0 Å². The number of halogens is 2. The number of carbonyl (C=O) groups is 2. The van der Waals surface area contributed by atoms with Crippen LogP contribution in [0.3, 0.4) is 0 Å². The highest BCUT2D eigenvalue weighted by atomic mass is 32.2. The summed E-state index contributed by atoms with van der Waals surface area (Å²) in [6, 6.07) is 23.6. The lowest BCUT2D eigenvalue weighted by Crippen LogP contribution is -2.45. The van der Waals surface area contributed by atoms with Crippen molar-refractivity contribution in [1.82, 2.24) is 10.2 Å². The summed E-state index contributed by atoms with van der Waals surface area (Å²) in [5.41, 5.74) is 1.34. The second kappa shape index (κ2) is 14.2. The first-order valence-corrected chi connectivity index (χ1v) is 14.6. The van der Waals surface area contributed by atoms with Crippen molar-refractivity contribution in [3.63, 3.8) is 0 Å². The Balaban J connectivity index is 1.53. The summed E-state index contributed by atoms with van der Waals surface area (Å²) in [5.74, 6) is -1.70. The van der Waals surface area contributed by atoms with Crippen LogP contribution in [-0.2, 0) is 26.2 Å². The van der Waals surface area contributed by atoms with E-state index in [2.05, 4.69) is 16.6 Å². The van der Waals surface area contributed by atoms with Gasteiger partial charge in [-0.15, -0.1) is 6.58 Å². The van der Waals surface area contributed by atoms with Crippen molar-refractivity contribution in [2.75, 3.05) is 17.9 Å². The summed E-state index contributed by atoms with van der Waals surface area (Å²) in [4.78, 5) is 28.2. The normalized spacial score (nSPS) is 11.7. The molecule has 0 heterocycles. The highest BCUT2D eigenvalue weighted by molar-refractivity contribution is 7.92. The SMILES string of the molecule is C=CCNC(=O)[C@@H](c1ccccc1)N(Cc1ccc(F)cc1)C(=O)COc1ccc(S(=O)(=O)Nc2ccc(F)cc2)cc1. The number of carbonyl (C=O) groups excluding carboxylic acids is 2. The molecule has 222 valence electrons. The van der Waals surface area contributed by atoms with E-state index in [0.717, 1.165) is 12.1 Å². The van der Waals surface area contributed by atoms with Gasteiger partial charge in [0.15, 0.2) is 6.61 Å². The molecule has 0 aliphatic rings. The lowest BCUT2D eigenvalue weighted by Gasteiger charge is -2.31. The van der Waals surface area contributed by atoms with Crippen LogP contribution in [0, 0.1) is 11.6 Å². The number of nitrogens with zero attached hydrogens (tertiary/aromatic N) is 1. The Bertz CT molecular complexity index is 1650. The van der Waals surface area contributed by atoms with Crippen LogP contribution in [0.2, 0.25) is 0 Å². The molecule has 43 heavy (non-hydrogen) atoms. The molecule has 2 N–H and O–H groups in total. The van der Waals surface area contributed by atoms with E-state index in [-0.39, 0.29) is 29.4 Å². The van der Waals surface area contributed by atoms with E-state index in [9.17, 15) is 26.8 Å². The average molecular weight is 606 g/mol. The fourth-order valence-corrected chi connectivity index (χ4v) is 5.22. The Hall–Kier alpha value is -5.03. The third-order valence-electron chi connectivity index (χ3n) is 6.28. The van der Waals surface area contributed by atoms with Crippen LogP contribution < -0.4 is 14.8 Å². The fourth-order valence-electron chi connectivity index (χ4n) is 4.16. The van der Waals surface area contributed by atoms with E-state index >= 15 is 0 Å². The first-order chi connectivity index (χ1) is 20.7. The Morgan fingerprint density at radius 1 is 0.860 bits per heavy atom. The third kappa shape index (κ3) is 8.49. The smallest absolute Gasteiger partial charge is 0.261 e. The molecule has 0 radical (unpaired) electrons. The molecule has 0 aromatic heterocycles. The fraction of sp³-hybridized carbons (Fsp3) is 0.125. The van der Waals surface area contributed by atoms with Crippen LogP contribution in [0.5, 0.6) is 5.75 Å². The number of hydrogen-bond donors (Lipinski definition) is 2. The van der Waals surface area contributed by atoms with Gasteiger partial charge in [-0.05, 0) is 71.8 Å². The van der Waals surface area contributed by atoms with Crippen molar-refractivity contribution in [2.45, 2.75) is 17.5 Å². The Labute approximate surface area is 248 Å². The molecule has 11 heteroatoms. The van der Waals surface area contributed by atoms with Crippen molar-refractivity contribution < 1.29 is 31.5 Å². The van der Waals surface area contributed by atoms with E-state index in [4.69, 9.17) is 4.74 Å². The molecule has 0 saturated heterocycles. The van der Waals surface area contributed by atoms with Crippen LogP contribution in [0.4, 0.5) is 14.5 Å². The molecule has 0 saturated carbocycles. The minimum atomic E-state index is -3.97. The third-order valence-corrected chi connectivity index (χ3v) is 7.67. The second-order valence-electron chi connectivity index (χ2n) is 9.37. The molecule has 8 nitrogen and oxygen atoms in total. The molecule has 4 aromatic rings. The molecule has 1 atom stereocenters. The number of benzene rings is 4. The van der Waals surface area contributed by atoms with Crippen molar-refractivity contribution in [1.29, 1.82) is 0 Å². The van der Waals surface area contributed by atoms with Gasteiger partial charge in [-0.2, -0.15) is 0 Å². The number of nitrogens with one attached hydrogen (secondary N) is 2. The van der Waals surface area contributed by atoms with Crippen molar-refractivity contribution in [3.8, 4) is 5.75 Å². The van der Waals surface area contributed by atoms with Crippen LogP contribution in [0.1, 0.15) is 17.2 Å². The standard InChI is InChI=1S/C32H29F2N3O5S/c1-2-20-35-32(39)31(24-6-4-3-5-7-24)37(21-23-8-10-25(33)11-9-23)30(38)22-42-28-16-18-29(19-17-28)43(40,41)36-27-14-12-26(34)13-15-27/h2-19,31,36H,1,20-22H2,(H,35,39)/t31-/m1/s1. The monoisotopic (exact) mass is 605 g/mol. The Morgan fingerprint density at radius 2 is 1.47 bits per heavy atom. The van der Waals surface area contributed by atoms with Crippen LogP contribution >= 0.6 is 0 Å². The minimum Gasteiger partial charge on any atom is -0.484 e. The topological polar surface area (TPSA) is 105 Å². The van der Waals surface area contributed by atoms with Gasteiger partial charge in [0.25, 0.3) is 15.9 Å². The lowest BCUT2D eigenvalue weighted by molar-refractivity contribution is -0.143. The summed E-state index contributed by atoms with van der Waals surface area (Å²) in [7, 11) is -3.97. The van der Waals surface area contributed by atoms with Gasteiger partial charge in [0.2, 0.25) is 5.91 Å². The summed E-state index contributed by atoms with van der Waals surface area (Å²) >= 11 is 0. The van der Waals surface area contributed by atoms with E-state index in [1.54, 1.807) is 30.3 Å². The highest BCUT2D eigenvalue weighted by Gasteiger charge is 2.31. The predicted octanol–water partition coefficient (Wildman–Crippen LogP) is 5.22. The zero-order chi connectivity index (χ0) is 30.8. The van der Waals surface area contributed by atoms with Gasteiger partial charge < -0.3 is 15.0 Å². The minimum absolute atomic E-state index is 0.0181. The number of sulfonamides is 1. The highest BCUT2D eigenvalue weighted by Crippen LogP contribution is 2.25. The van der Waals surface area contributed by atoms with Crippen molar-refractivity contribution in [3.05, 3.63) is 139 Å². The first kappa shape index (κ1) is 30.9. The summed E-state index contributed by atoms with van der Waals surface area (Å²) in [5, 5.41) is 2.74. The van der Waals surface area contributed by atoms with Gasteiger partial charge in [-0.25, -0.2) is 17.2 Å². The number of amides is 2. The molecule has 0 bridgehead atoms. The zero-order valence-electron chi connectivity index (χ0n) is 23.0. The molecule has 0 aliphatic heterocycles. The molecule has 2 amide bonds. The maximum atomic E-state index is 13.6. The number of hydrogen-bond acceptors (Lipinski definition) is 5. The molecular formula is C32H29F2N3O5S. The summed E-state index contributed by atoms with van der Waals surface area (Å²) in [6.07, 6.45) is 1.52. The second-order valence-corrected chi connectivity index (χ2v) is 11.1. The van der Waals surface area contributed by atoms with Gasteiger partial charge in [0.05, 0.1) is 4.90 Å². The van der Waals surface area contributed by atoms with E-state index < -0.39 is 46.1 Å². The van der Waals surface area contributed by atoms with Gasteiger partial charge in [0.1, 0.15) is 23.4 Å². The first-order valence-electron chi connectivity index (χ1n) is 13.1. The molecule has 0 spiro atoms. The molecular weight excluding hydrogens is 576 g/mol. The molecule has 0 fully saturated rings. The maximum Gasteiger partial charge on any atom is 0.261 e. The van der Waals surface area contributed by atoms with E-state index in [1.165, 1.54) is 71.6 Å². The van der Waals surface area contributed by atoms with Gasteiger partial charge >= 0.3 is 0 Å². The van der Waals surface area contributed by atoms with Crippen LogP contribution in [0.25, 0.3) is 0 Å². The van der Waals surface area contributed by atoms with Gasteiger partial charge in [0, 0.05) is 18.8 Å². The summed E-state index contributed by atoms with van der Waals surface area (Å²) < 4.78 is 60.2. The average Bonchev–Trinajstić information content (AvgIpc) is 3.01. The van der Waals surface area contributed by atoms with Gasteiger partial charge in [-0.1, -0.05) is 48.5 Å². The number of anilines is 1.